The summed E-state index contributed by atoms with van der Waals surface area (Å²) in [6, 6.07) is 7.12. The number of fused-ring (bicyclic) bond motifs is 1. The Morgan fingerprint density at radius 1 is 1.25 bits per heavy atom. The molecule has 2 N–H and O–H groups in total. The van der Waals surface area contributed by atoms with E-state index in [0.717, 1.165) is 19.5 Å². The third-order valence-corrected chi connectivity index (χ3v) is 4.00. The fourth-order valence-electron chi connectivity index (χ4n) is 2.73. The second kappa shape index (κ2) is 7.44. The number of nitrogens with one attached hydrogen (secondary N) is 2. The zero-order chi connectivity index (χ0) is 14.4. The van der Waals surface area contributed by atoms with Gasteiger partial charge in [0.2, 0.25) is 5.91 Å². The van der Waals surface area contributed by atoms with Gasteiger partial charge in [0.05, 0.1) is 0 Å². The topological polar surface area (TPSA) is 41.1 Å². The van der Waals surface area contributed by atoms with Gasteiger partial charge in [-0.25, -0.2) is 0 Å². The van der Waals surface area contributed by atoms with Crippen LogP contribution in [0.15, 0.2) is 18.2 Å². The molecule has 3 heteroatoms. The minimum Gasteiger partial charge on any atom is -0.356 e. The van der Waals surface area contributed by atoms with Gasteiger partial charge in [0, 0.05) is 25.6 Å². The van der Waals surface area contributed by atoms with Crippen molar-refractivity contribution in [2.75, 3.05) is 13.1 Å². The number of hydrogen-bond donors (Lipinski definition) is 2. The molecule has 1 aromatic carbocycles. The first-order valence-electron chi connectivity index (χ1n) is 7.82. The summed E-state index contributed by atoms with van der Waals surface area (Å²) in [6.45, 7) is 5.74. The maximum absolute atomic E-state index is 11.5. The minimum atomic E-state index is 0.139. The average molecular weight is 274 g/mol. The summed E-state index contributed by atoms with van der Waals surface area (Å²) in [6.07, 6.45) is 5.28. The van der Waals surface area contributed by atoms with Crippen molar-refractivity contribution in [1.82, 2.24) is 10.6 Å². The number of carbonyl (C=O) groups excluding carboxylic acids is 1. The summed E-state index contributed by atoms with van der Waals surface area (Å²) < 4.78 is 0. The van der Waals surface area contributed by atoms with Gasteiger partial charge in [-0.1, -0.05) is 25.1 Å². The molecule has 3 nitrogen and oxygen atoms in total. The molecule has 0 radical (unpaired) electrons. The van der Waals surface area contributed by atoms with Gasteiger partial charge in [-0.05, 0) is 49.3 Å². The monoisotopic (exact) mass is 274 g/mol. The number of carbonyl (C=O) groups is 1. The van der Waals surface area contributed by atoms with E-state index in [1.165, 1.54) is 36.0 Å². The molecule has 0 bridgehead atoms. The lowest BCUT2D eigenvalue weighted by molar-refractivity contribution is -0.121. The van der Waals surface area contributed by atoms with Crippen molar-refractivity contribution in [2.45, 2.75) is 52.0 Å². The third-order valence-electron chi connectivity index (χ3n) is 4.00. The summed E-state index contributed by atoms with van der Waals surface area (Å²) in [4.78, 5) is 11.5. The Morgan fingerprint density at radius 3 is 2.85 bits per heavy atom. The highest BCUT2D eigenvalue weighted by Gasteiger charge is 2.13. The highest BCUT2D eigenvalue weighted by atomic mass is 16.1. The van der Waals surface area contributed by atoms with Crippen molar-refractivity contribution in [2.24, 2.45) is 0 Å². The van der Waals surface area contributed by atoms with Gasteiger partial charge < -0.3 is 10.6 Å². The number of amides is 1. The molecule has 1 unspecified atom stereocenters. The molecule has 0 spiro atoms. The van der Waals surface area contributed by atoms with E-state index in [9.17, 15) is 4.79 Å². The lowest BCUT2D eigenvalue weighted by Crippen LogP contribution is -2.29. The SMILES string of the molecule is CCCNC(=O)CCNC(C)c1ccc2c(c1)CCC2. The van der Waals surface area contributed by atoms with Crippen LogP contribution in [0, 0.1) is 0 Å². The van der Waals surface area contributed by atoms with Gasteiger partial charge >= 0.3 is 0 Å². The summed E-state index contributed by atoms with van der Waals surface area (Å²) in [5, 5.41) is 6.34. The largest absolute Gasteiger partial charge is 0.356 e. The Balaban J connectivity index is 1.77. The van der Waals surface area contributed by atoms with E-state index in [0.29, 0.717) is 12.5 Å². The molecule has 0 heterocycles. The van der Waals surface area contributed by atoms with Gasteiger partial charge in [-0.3, -0.25) is 4.79 Å². The van der Waals surface area contributed by atoms with E-state index in [1.807, 2.05) is 0 Å². The van der Waals surface area contributed by atoms with Crippen molar-refractivity contribution >= 4 is 5.91 Å². The molecule has 1 amide bonds. The maximum Gasteiger partial charge on any atom is 0.221 e. The molecule has 20 heavy (non-hydrogen) atoms. The molecule has 0 aliphatic heterocycles. The van der Waals surface area contributed by atoms with Crippen LogP contribution < -0.4 is 10.6 Å². The Hall–Kier alpha value is -1.35. The zero-order valence-corrected chi connectivity index (χ0v) is 12.7. The normalized spacial score (nSPS) is 14.9. The summed E-state index contributed by atoms with van der Waals surface area (Å²) in [7, 11) is 0. The van der Waals surface area contributed by atoms with Crippen molar-refractivity contribution in [3.8, 4) is 0 Å². The summed E-state index contributed by atoms with van der Waals surface area (Å²) in [5.74, 6) is 0.139. The van der Waals surface area contributed by atoms with Gasteiger partial charge in [-0.15, -0.1) is 0 Å². The first-order valence-corrected chi connectivity index (χ1v) is 7.82. The molecule has 0 fully saturated rings. The summed E-state index contributed by atoms with van der Waals surface area (Å²) >= 11 is 0. The van der Waals surface area contributed by atoms with Crippen LogP contribution in [0.4, 0.5) is 0 Å². The van der Waals surface area contributed by atoms with Crippen LogP contribution in [-0.4, -0.2) is 19.0 Å². The molecular formula is C17H26N2O. The molecular weight excluding hydrogens is 248 g/mol. The molecule has 1 atom stereocenters. The average Bonchev–Trinajstić information content (AvgIpc) is 2.92. The highest BCUT2D eigenvalue weighted by Crippen LogP contribution is 2.25. The Labute approximate surface area is 122 Å². The lowest BCUT2D eigenvalue weighted by atomic mass is 10.0. The standard InChI is InChI=1S/C17H26N2O/c1-3-10-19-17(20)9-11-18-13(2)15-8-7-14-5-4-6-16(14)12-15/h7-8,12-13,18H,3-6,9-11H2,1-2H3,(H,19,20). The van der Waals surface area contributed by atoms with Crippen molar-refractivity contribution < 1.29 is 4.79 Å². The van der Waals surface area contributed by atoms with Crippen LogP contribution >= 0.6 is 0 Å². The molecule has 0 saturated heterocycles. The van der Waals surface area contributed by atoms with Crippen LogP contribution in [0.2, 0.25) is 0 Å². The van der Waals surface area contributed by atoms with E-state index >= 15 is 0 Å². The molecule has 0 saturated carbocycles. The fraction of sp³-hybridized carbons (Fsp3) is 0.588. The second-order valence-corrected chi connectivity index (χ2v) is 5.66. The lowest BCUT2D eigenvalue weighted by Gasteiger charge is -2.15. The first kappa shape index (κ1) is 15.0. The van der Waals surface area contributed by atoms with E-state index in [4.69, 9.17) is 0 Å². The smallest absolute Gasteiger partial charge is 0.221 e. The van der Waals surface area contributed by atoms with Crippen LogP contribution in [0.5, 0.6) is 0 Å². The van der Waals surface area contributed by atoms with Crippen molar-refractivity contribution in [3.05, 3.63) is 34.9 Å². The quantitative estimate of drug-likeness (QED) is 0.802. The molecule has 2 rings (SSSR count). The third kappa shape index (κ3) is 4.07. The maximum atomic E-state index is 11.5. The molecule has 1 aliphatic rings. The Bertz CT molecular complexity index is 456. The van der Waals surface area contributed by atoms with Gasteiger partial charge in [0.25, 0.3) is 0 Å². The fourth-order valence-corrected chi connectivity index (χ4v) is 2.73. The van der Waals surface area contributed by atoms with E-state index in [2.05, 4.69) is 42.7 Å². The van der Waals surface area contributed by atoms with Crippen molar-refractivity contribution in [3.63, 3.8) is 0 Å². The number of benzene rings is 1. The van der Waals surface area contributed by atoms with E-state index < -0.39 is 0 Å². The van der Waals surface area contributed by atoms with Crippen LogP contribution in [0.25, 0.3) is 0 Å². The molecule has 110 valence electrons. The Morgan fingerprint density at radius 2 is 2.05 bits per heavy atom. The van der Waals surface area contributed by atoms with Gasteiger partial charge in [0.1, 0.15) is 0 Å². The van der Waals surface area contributed by atoms with Crippen LogP contribution in [0.3, 0.4) is 0 Å². The highest BCUT2D eigenvalue weighted by molar-refractivity contribution is 5.75. The van der Waals surface area contributed by atoms with E-state index in [1.54, 1.807) is 0 Å². The predicted octanol–water partition coefficient (Wildman–Crippen LogP) is 2.74. The zero-order valence-electron chi connectivity index (χ0n) is 12.7. The summed E-state index contributed by atoms with van der Waals surface area (Å²) in [5.41, 5.74) is 4.36. The number of hydrogen-bond acceptors (Lipinski definition) is 2. The van der Waals surface area contributed by atoms with Crippen molar-refractivity contribution in [1.29, 1.82) is 0 Å². The van der Waals surface area contributed by atoms with Gasteiger partial charge in [0.15, 0.2) is 0 Å². The predicted molar refractivity (Wildman–Crippen MR) is 82.8 cm³/mol. The molecule has 1 aliphatic carbocycles. The first-order chi connectivity index (χ1) is 9.70. The van der Waals surface area contributed by atoms with Crippen LogP contribution in [-0.2, 0) is 17.6 Å². The minimum absolute atomic E-state index is 0.139. The number of rotatable bonds is 7. The second-order valence-electron chi connectivity index (χ2n) is 5.66. The van der Waals surface area contributed by atoms with E-state index in [-0.39, 0.29) is 5.91 Å². The molecule has 0 aromatic heterocycles. The number of aryl methyl sites for hydroxylation is 2. The van der Waals surface area contributed by atoms with Crippen LogP contribution in [0.1, 0.15) is 55.8 Å². The van der Waals surface area contributed by atoms with Gasteiger partial charge in [-0.2, -0.15) is 0 Å². The Kier molecular flexibility index (Phi) is 5.60. The molecule has 1 aromatic rings.